The zero-order valence-electron chi connectivity index (χ0n) is 15.2. The van der Waals surface area contributed by atoms with E-state index in [4.69, 9.17) is 9.47 Å². The molecular formula is C19H21N5O3. The van der Waals surface area contributed by atoms with Crippen molar-refractivity contribution < 1.29 is 14.3 Å². The van der Waals surface area contributed by atoms with E-state index >= 15 is 0 Å². The largest absolute Gasteiger partial charge is 0.493 e. The van der Waals surface area contributed by atoms with Crippen molar-refractivity contribution >= 4 is 17.5 Å². The van der Waals surface area contributed by atoms with Gasteiger partial charge < -0.3 is 20.1 Å². The van der Waals surface area contributed by atoms with E-state index in [1.54, 1.807) is 13.2 Å². The van der Waals surface area contributed by atoms with Crippen molar-refractivity contribution in [2.24, 2.45) is 0 Å². The summed E-state index contributed by atoms with van der Waals surface area (Å²) < 4.78 is 11.0. The molecule has 8 heteroatoms. The fourth-order valence-corrected chi connectivity index (χ4v) is 2.39. The summed E-state index contributed by atoms with van der Waals surface area (Å²) in [5, 5.41) is 12.4. The highest BCUT2D eigenvalue weighted by Crippen LogP contribution is 2.28. The van der Waals surface area contributed by atoms with Crippen LogP contribution in [0.15, 0.2) is 48.8 Å². The van der Waals surface area contributed by atoms with E-state index in [0.29, 0.717) is 24.0 Å². The Bertz CT molecular complexity index is 879. The average molecular weight is 367 g/mol. The number of carbonyl (C=O) groups excluding carboxylic acids is 1. The van der Waals surface area contributed by atoms with Crippen molar-refractivity contribution in [3.63, 3.8) is 0 Å². The summed E-state index contributed by atoms with van der Waals surface area (Å²) in [6, 6.07) is 13.1. The van der Waals surface area contributed by atoms with Crippen molar-refractivity contribution in [1.82, 2.24) is 15.2 Å². The molecule has 1 amide bonds. The predicted molar refractivity (Wildman–Crippen MR) is 102 cm³/mol. The van der Waals surface area contributed by atoms with Crippen LogP contribution in [-0.2, 0) is 11.3 Å². The van der Waals surface area contributed by atoms with Crippen LogP contribution in [0.3, 0.4) is 0 Å². The number of aryl methyl sites for hydroxylation is 1. The normalized spacial score (nSPS) is 10.3. The first-order chi connectivity index (χ1) is 13.1. The van der Waals surface area contributed by atoms with Gasteiger partial charge in [-0.05, 0) is 36.8 Å². The molecule has 8 nitrogen and oxygen atoms in total. The second-order valence-electron chi connectivity index (χ2n) is 5.88. The van der Waals surface area contributed by atoms with Gasteiger partial charge in [0.25, 0.3) is 5.91 Å². The Morgan fingerprint density at radius 1 is 1.15 bits per heavy atom. The standard InChI is InChI=1S/C19H21N5O3/c1-13-3-6-15(7-4-13)23-18(25)11-27-16-8-5-14(9-17(16)26-2)10-20-19-21-12-22-24-19/h3-9,12H,10-11H2,1-2H3,(H,23,25)(H2,20,21,22,24). The molecule has 2 aromatic carbocycles. The van der Waals surface area contributed by atoms with Crippen LogP contribution < -0.4 is 20.1 Å². The molecule has 1 heterocycles. The first kappa shape index (κ1) is 18.2. The molecule has 0 fully saturated rings. The van der Waals surface area contributed by atoms with E-state index in [1.807, 2.05) is 43.3 Å². The van der Waals surface area contributed by atoms with Gasteiger partial charge in [-0.3, -0.25) is 4.79 Å². The van der Waals surface area contributed by atoms with Gasteiger partial charge in [0.15, 0.2) is 18.1 Å². The van der Waals surface area contributed by atoms with Crippen molar-refractivity contribution in [3.8, 4) is 11.5 Å². The molecule has 0 aliphatic rings. The molecule has 140 valence electrons. The van der Waals surface area contributed by atoms with Gasteiger partial charge in [-0.25, -0.2) is 10.1 Å². The van der Waals surface area contributed by atoms with Crippen LogP contribution in [0.4, 0.5) is 11.6 Å². The molecule has 0 saturated heterocycles. The molecule has 3 rings (SSSR count). The number of benzene rings is 2. The lowest BCUT2D eigenvalue weighted by Crippen LogP contribution is -2.20. The van der Waals surface area contributed by atoms with E-state index in [1.165, 1.54) is 6.33 Å². The van der Waals surface area contributed by atoms with E-state index in [9.17, 15) is 4.79 Å². The fourth-order valence-electron chi connectivity index (χ4n) is 2.39. The Labute approximate surface area is 156 Å². The summed E-state index contributed by atoms with van der Waals surface area (Å²) in [5.41, 5.74) is 2.83. The quantitative estimate of drug-likeness (QED) is 0.566. The maximum atomic E-state index is 12.1. The Hall–Kier alpha value is -3.55. The summed E-state index contributed by atoms with van der Waals surface area (Å²) in [6.07, 6.45) is 1.43. The molecule has 0 saturated carbocycles. The molecule has 27 heavy (non-hydrogen) atoms. The zero-order chi connectivity index (χ0) is 19.1. The predicted octanol–water partition coefficient (Wildman–Crippen LogP) is 2.75. The molecule has 0 radical (unpaired) electrons. The van der Waals surface area contributed by atoms with Crippen LogP contribution in [0.5, 0.6) is 11.5 Å². The van der Waals surface area contributed by atoms with Crippen LogP contribution in [-0.4, -0.2) is 34.8 Å². The summed E-state index contributed by atoms with van der Waals surface area (Å²) in [6.45, 7) is 2.42. The molecular weight excluding hydrogens is 346 g/mol. The highest BCUT2D eigenvalue weighted by atomic mass is 16.5. The Kier molecular flexibility index (Phi) is 5.88. The van der Waals surface area contributed by atoms with E-state index in [0.717, 1.165) is 16.8 Å². The number of methoxy groups -OCH3 is 1. The van der Waals surface area contributed by atoms with Crippen molar-refractivity contribution in [2.45, 2.75) is 13.5 Å². The van der Waals surface area contributed by atoms with Gasteiger partial charge in [0.05, 0.1) is 7.11 Å². The maximum absolute atomic E-state index is 12.1. The van der Waals surface area contributed by atoms with E-state index in [-0.39, 0.29) is 12.5 Å². The highest BCUT2D eigenvalue weighted by Gasteiger charge is 2.09. The van der Waals surface area contributed by atoms with Crippen molar-refractivity contribution in [3.05, 3.63) is 59.9 Å². The van der Waals surface area contributed by atoms with Gasteiger partial charge in [0.1, 0.15) is 6.33 Å². The number of nitrogens with zero attached hydrogens (tertiary/aromatic N) is 2. The van der Waals surface area contributed by atoms with Gasteiger partial charge in [-0.15, -0.1) is 0 Å². The zero-order valence-corrected chi connectivity index (χ0v) is 15.2. The minimum atomic E-state index is -0.239. The maximum Gasteiger partial charge on any atom is 0.262 e. The van der Waals surface area contributed by atoms with Gasteiger partial charge in [-0.1, -0.05) is 23.8 Å². The van der Waals surface area contributed by atoms with Gasteiger partial charge in [0.2, 0.25) is 5.95 Å². The van der Waals surface area contributed by atoms with Crippen LogP contribution >= 0.6 is 0 Å². The molecule has 0 aliphatic carbocycles. The molecule has 1 aromatic heterocycles. The number of carbonyl (C=O) groups is 1. The Balaban J connectivity index is 1.55. The molecule has 3 N–H and O–H groups in total. The number of hydrogen-bond acceptors (Lipinski definition) is 6. The topological polar surface area (TPSA) is 101 Å². The summed E-state index contributed by atoms with van der Waals surface area (Å²) >= 11 is 0. The number of amides is 1. The SMILES string of the molecule is COc1cc(CNc2ncn[nH]2)ccc1OCC(=O)Nc1ccc(C)cc1. The lowest BCUT2D eigenvalue weighted by atomic mass is 10.2. The number of ether oxygens (including phenoxy) is 2. The Morgan fingerprint density at radius 3 is 2.67 bits per heavy atom. The van der Waals surface area contributed by atoms with Crippen LogP contribution in [0.2, 0.25) is 0 Å². The second-order valence-corrected chi connectivity index (χ2v) is 5.88. The smallest absolute Gasteiger partial charge is 0.262 e. The molecule has 0 aliphatic heterocycles. The molecule has 0 bridgehead atoms. The second kappa shape index (κ2) is 8.70. The van der Waals surface area contributed by atoms with Gasteiger partial charge in [-0.2, -0.15) is 5.10 Å². The third kappa shape index (κ3) is 5.21. The minimum Gasteiger partial charge on any atom is -0.493 e. The first-order valence-corrected chi connectivity index (χ1v) is 8.39. The van der Waals surface area contributed by atoms with Crippen molar-refractivity contribution in [2.75, 3.05) is 24.4 Å². The summed E-state index contributed by atoms with van der Waals surface area (Å²) in [4.78, 5) is 16.1. The van der Waals surface area contributed by atoms with E-state index < -0.39 is 0 Å². The number of aromatic nitrogens is 3. The number of hydrogen-bond donors (Lipinski definition) is 3. The van der Waals surface area contributed by atoms with Crippen LogP contribution in [0.1, 0.15) is 11.1 Å². The third-order valence-corrected chi connectivity index (χ3v) is 3.80. The summed E-state index contributed by atoms with van der Waals surface area (Å²) in [7, 11) is 1.56. The number of H-pyrrole nitrogens is 1. The lowest BCUT2D eigenvalue weighted by Gasteiger charge is -2.12. The Morgan fingerprint density at radius 2 is 1.96 bits per heavy atom. The minimum absolute atomic E-state index is 0.111. The fraction of sp³-hybridized carbons (Fsp3) is 0.211. The molecule has 3 aromatic rings. The number of nitrogens with one attached hydrogen (secondary N) is 3. The number of aromatic amines is 1. The van der Waals surface area contributed by atoms with E-state index in [2.05, 4.69) is 25.8 Å². The van der Waals surface area contributed by atoms with Gasteiger partial charge in [0, 0.05) is 12.2 Å². The highest BCUT2D eigenvalue weighted by molar-refractivity contribution is 5.91. The van der Waals surface area contributed by atoms with Crippen molar-refractivity contribution in [1.29, 1.82) is 0 Å². The molecule has 0 atom stereocenters. The number of rotatable bonds is 8. The molecule has 0 spiro atoms. The lowest BCUT2D eigenvalue weighted by molar-refractivity contribution is -0.118. The first-order valence-electron chi connectivity index (χ1n) is 8.39. The van der Waals surface area contributed by atoms with Gasteiger partial charge >= 0.3 is 0 Å². The monoisotopic (exact) mass is 367 g/mol. The summed E-state index contributed by atoms with van der Waals surface area (Å²) in [5.74, 6) is 1.40. The molecule has 0 unspecified atom stereocenters. The van der Waals surface area contributed by atoms with Crippen LogP contribution in [0, 0.1) is 6.92 Å². The average Bonchev–Trinajstić information content (AvgIpc) is 3.20. The van der Waals surface area contributed by atoms with Crippen LogP contribution in [0.25, 0.3) is 0 Å². The number of anilines is 2. The third-order valence-electron chi connectivity index (χ3n) is 3.80.